The highest BCUT2D eigenvalue weighted by atomic mass is 15.2. The standard InChI is InChI=1S/C60H50N6/c1-43-41-57(45(3)39-55(43)63(47-23-11-5-12-24-47)48-25-13-6-14-26-48)65(51-31-19-9-20-32-51)53-35-36-54(60-59(53)61-37-38-62-60)66(52-33-21-10-22-34-52)58-42-44(2)56(40-46(58)4)64(49-27-15-7-16-28-49)50-29-17-8-18-30-50/h5-42H,1-4H3. The minimum absolute atomic E-state index is 0.793. The maximum Gasteiger partial charge on any atom is 0.115 e. The summed E-state index contributed by atoms with van der Waals surface area (Å²) in [5.74, 6) is 0. The van der Waals surface area contributed by atoms with Crippen LogP contribution in [0.2, 0.25) is 0 Å². The second-order valence-corrected chi connectivity index (χ2v) is 16.6. The van der Waals surface area contributed by atoms with Crippen LogP contribution in [0, 0.1) is 27.7 Å². The van der Waals surface area contributed by atoms with Crippen molar-refractivity contribution in [1.82, 2.24) is 9.97 Å². The van der Waals surface area contributed by atoms with Crippen molar-refractivity contribution < 1.29 is 0 Å². The van der Waals surface area contributed by atoms with E-state index >= 15 is 0 Å². The Kier molecular flexibility index (Phi) is 11.5. The highest BCUT2D eigenvalue weighted by molar-refractivity contribution is 6.04. The molecule has 0 unspecified atom stereocenters. The van der Waals surface area contributed by atoms with Gasteiger partial charge in [-0.1, -0.05) is 109 Å². The molecule has 1 aromatic heterocycles. The largest absolute Gasteiger partial charge is 0.310 e. The fourth-order valence-corrected chi connectivity index (χ4v) is 9.06. The zero-order valence-corrected chi connectivity index (χ0v) is 37.6. The first-order valence-corrected chi connectivity index (χ1v) is 22.4. The van der Waals surface area contributed by atoms with Crippen LogP contribution in [0.3, 0.4) is 0 Å². The van der Waals surface area contributed by atoms with E-state index in [1.807, 2.05) is 0 Å². The summed E-state index contributed by atoms with van der Waals surface area (Å²) in [5, 5.41) is 0. The summed E-state index contributed by atoms with van der Waals surface area (Å²) in [7, 11) is 0. The van der Waals surface area contributed by atoms with Crippen LogP contribution < -0.4 is 19.6 Å². The van der Waals surface area contributed by atoms with E-state index in [1.54, 1.807) is 12.4 Å². The first kappa shape index (κ1) is 41.5. The molecule has 0 aliphatic carbocycles. The zero-order valence-electron chi connectivity index (χ0n) is 37.6. The molecule has 66 heavy (non-hydrogen) atoms. The quantitative estimate of drug-likeness (QED) is 0.122. The lowest BCUT2D eigenvalue weighted by molar-refractivity contribution is 1.18. The fourth-order valence-electron chi connectivity index (χ4n) is 9.06. The maximum atomic E-state index is 5.16. The molecular formula is C60H50N6. The maximum absolute atomic E-state index is 5.16. The molecule has 0 fully saturated rings. The van der Waals surface area contributed by atoms with E-state index in [-0.39, 0.29) is 0 Å². The van der Waals surface area contributed by atoms with E-state index in [0.29, 0.717) is 0 Å². The van der Waals surface area contributed by atoms with E-state index in [0.717, 1.165) is 102 Å². The second-order valence-electron chi connectivity index (χ2n) is 16.6. The van der Waals surface area contributed by atoms with E-state index < -0.39 is 0 Å². The Labute approximate surface area is 388 Å². The first-order valence-electron chi connectivity index (χ1n) is 22.4. The molecule has 9 aromatic carbocycles. The summed E-state index contributed by atoms with van der Waals surface area (Å²) in [5.41, 5.74) is 18.8. The number of fused-ring (bicyclic) bond motifs is 1. The van der Waals surface area contributed by atoms with Crippen LogP contribution in [-0.4, -0.2) is 9.97 Å². The molecule has 6 nitrogen and oxygen atoms in total. The number of aryl methyl sites for hydroxylation is 4. The molecule has 0 aliphatic rings. The highest BCUT2D eigenvalue weighted by Crippen LogP contribution is 2.48. The van der Waals surface area contributed by atoms with Gasteiger partial charge in [0, 0.05) is 69.3 Å². The number of hydrogen-bond acceptors (Lipinski definition) is 6. The van der Waals surface area contributed by atoms with Crippen LogP contribution in [0.5, 0.6) is 0 Å². The molecular weight excluding hydrogens is 805 g/mol. The summed E-state index contributed by atoms with van der Waals surface area (Å²) in [6.45, 7) is 8.81. The Morgan fingerprint density at radius 2 is 0.455 bits per heavy atom. The molecule has 10 aromatic rings. The molecule has 0 bridgehead atoms. The van der Waals surface area contributed by atoms with Gasteiger partial charge in [-0.25, -0.2) is 0 Å². The fraction of sp³-hybridized carbons (Fsp3) is 0.0667. The molecule has 10 rings (SSSR count). The van der Waals surface area contributed by atoms with Crippen LogP contribution in [0.25, 0.3) is 11.0 Å². The molecule has 0 saturated heterocycles. The number of para-hydroxylation sites is 6. The van der Waals surface area contributed by atoms with Crippen LogP contribution in [0.15, 0.2) is 231 Å². The third-order valence-corrected chi connectivity index (χ3v) is 12.1. The van der Waals surface area contributed by atoms with Crippen LogP contribution >= 0.6 is 0 Å². The summed E-state index contributed by atoms with van der Waals surface area (Å²) in [4.78, 5) is 19.7. The van der Waals surface area contributed by atoms with Gasteiger partial charge in [0.25, 0.3) is 0 Å². The number of hydrogen-bond donors (Lipinski definition) is 0. The average molecular weight is 855 g/mol. The van der Waals surface area contributed by atoms with Gasteiger partial charge >= 0.3 is 0 Å². The Morgan fingerprint density at radius 1 is 0.242 bits per heavy atom. The third-order valence-electron chi connectivity index (χ3n) is 12.1. The number of anilines is 12. The number of aromatic nitrogens is 2. The van der Waals surface area contributed by atoms with Crippen molar-refractivity contribution in [3.63, 3.8) is 0 Å². The van der Waals surface area contributed by atoms with Gasteiger partial charge in [0.2, 0.25) is 0 Å². The molecule has 1 heterocycles. The highest BCUT2D eigenvalue weighted by Gasteiger charge is 2.26. The average Bonchev–Trinajstić information content (AvgIpc) is 3.37. The molecule has 0 saturated carbocycles. The molecule has 0 radical (unpaired) electrons. The van der Waals surface area contributed by atoms with Crippen molar-refractivity contribution in [1.29, 1.82) is 0 Å². The van der Waals surface area contributed by atoms with Gasteiger partial charge < -0.3 is 19.6 Å². The number of benzene rings is 9. The van der Waals surface area contributed by atoms with Crippen molar-refractivity contribution >= 4 is 79.3 Å². The zero-order chi connectivity index (χ0) is 45.0. The summed E-state index contributed by atoms with van der Waals surface area (Å²) < 4.78 is 0. The molecule has 320 valence electrons. The Hall–Kier alpha value is -8.48. The lowest BCUT2D eigenvalue weighted by Gasteiger charge is -2.33. The van der Waals surface area contributed by atoms with Gasteiger partial charge in [-0.2, -0.15) is 0 Å². The lowest BCUT2D eigenvalue weighted by Crippen LogP contribution is -2.17. The number of rotatable bonds is 12. The van der Waals surface area contributed by atoms with Crippen molar-refractivity contribution in [3.05, 3.63) is 253 Å². The molecule has 0 spiro atoms. The van der Waals surface area contributed by atoms with Gasteiger partial charge in [0.15, 0.2) is 0 Å². The second kappa shape index (κ2) is 18.3. The molecule has 0 N–H and O–H groups in total. The Morgan fingerprint density at radius 3 is 0.697 bits per heavy atom. The van der Waals surface area contributed by atoms with Crippen LogP contribution in [0.4, 0.5) is 68.2 Å². The Bertz CT molecular complexity index is 2940. The molecule has 0 atom stereocenters. The van der Waals surface area contributed by atoms with Crippen molar-refractivity contribution in [2.45, 2.75) is 27.7 Å². The number of nitrogens with zero attached hydrogens (tertiary/aromatic N) is 6. The minimum atomic E-state index is 0.793. The van der Waals surface area contributed by atoms with E-state index in [2.05, 4.69) is 266 Å². The first-order chi connectivity index (χ1) is 32.4. The van der Waals surface area contributed by atoms with Crippen molar-refractivity contribution in [3.8, 4) is 0 Å². The van der Waals surface area contributed by atoms with E-state index in [9.17, 15) is 0 Å². The van der Waals surface area contributed by atoms with Gasteiger partial charge in [-0.15, -0.1) is 0 Å². The Balaban J connectivity index is 1.13. The topological polar surface area (TPSA) is 38.7 Å². The van der Waals surface area contributed by atoms with E-state index in [1.165, 1.54) is 0 Å². The van der Waals surface area contributed by atoms with Gasteiger partial charge in [-0.3, -0.25) is 9.97 Å². The molecule has 6 heteroatoms. The predicted octanol–water partition coefficient (Wildman–Crippen LogP) is 16.7. The van der Waals surface area contributed by atoms with Gasteiger partial charge in [-0.05, 0) is 159 Å². The van der Waals surface area contributed by atoms with Crippen LogP contribution in [-0.2, 0) is 0 Å². The predicted molar refractivity (Wildman–Crippen MR) is 277 cm³/mol. The van der Waals surface area contributed by atoms with E-state index in [4.69, 9.17) is 9.97 Å². The minimum Gasteiger partial charge on any atom is -0.310 e. The SMILES string of the molecule is Cc1cc(N(c2ccccc2)c2ccc(N(c3ccccc3)c3cc(C)c(N(c4ccccc4)c4ccccc4)cc3C)c3nccnc23)c(C)cc1N(c1ccccc1)c1ccccc1. The lowest BCUT2D eigenvalue weighted by atomic mass is 10.0. The molecule has 0 amide bonds. The third kappa shape index (κ3) is 8.01. The summed E-state index contributed by atoms with van der Waals surface area (Å²) >= 11 is 0. The monoisotopic (exact) mass is 854 g/mol. The summed E-state index contributed by atoms with van der Waals surface area (Å²) in [6.07, 6.45) is 3.60. The molecule has 0 aliphatic heterocycles. The van der Waals surface area contributed by atoms with Gasteiger partial charge in [0.1, 0.15) is 11.0 Å². The smallest absolute Gasteiger partial charge is 0.115 e. The normalized spacial score (nSPS) is 11.0. The summed E-state index contributed by atoms with van der Waals surface area (Å²) in [6, 6.07) is 77.1. The van der Waals surface area contributed by atoms with Crippen LogP contribution in [0.1, 0.15) is 22.3 Å². The van der Waals surface area contributed by atoms with Crippen molar-refractivity contribution in [2.24, 2.45) is 0 Å². The van der Waals surface area contributed by atoms with Gasteiger partial charge in [0.05, 0.1) is 11.4 Å². The van der Waals surface area contributed by atoms with Crippen molar-refractivity contribution in [2.75, 3.05) is 19.6 Å².